The van der Waals surface area contributed by atoms with E-state index in [0.717, 1.165) is 0 Å². The van der Waals surface area contributed by atoms with Crippen molar-refractivity contribution in [3.8, 4) is 0 Å². The zero-order chi connectivity index (χ0) is 12.6. The molecule has 10 nitrogen and oxygen atoms in total. The second-order valence-corrected chi connectivity index (χ2v) is 3.87. The summed E-state index contributed by atoms with van der Waals surface area (Å²) in [4.78, 5) is 41.9. The highest BCUT2D eigenvalue weighted by Crippen LogP contribution is 1.98. The molecule has 0 radical (unpaired) electrons. The van der Waals surface area contributed by atoms with Crippen LogP contribution < -0.4 is 33.4 Å². The van der Waals surface area contributed by atoms with Gasteiger partial charge in [0.15, 0.2) is 0 Å². The molecule has 0 aromatic carbocycles. The zero-order valence-corrected chi connectivity index (χ0v) is 9.24. The monoisotopic (exact) mass is 268 g/mol. The van der Waals surface area contributed by atoms with Crippen molar-refractivity contribution >= 4 is 44.5 Å². The largest absolute Gasteiger partial charge is 0.360 e. The fourth-order valence-electron chi connectivity index (χ4n) is 0.398. The lowest BCUT2D eigenvalue weighted by atomic mass is 11.4. The number of amides is 4. The highest BCUT2D eigenvalue weighted by Gasteiger charge is 2.07. The minimum Gasteiger partial charge on any atom is -0.360 e. The van der Waals surface area contributed by atoms with E-state index in [1.54, 1.807) is 0 Å². The van der Waals surface area contributed by atoms with Crippen molar-refractivity contribution in [1.29, 1.82) is 0 Å². The van der Waals surface area contributed by atoms with Crippen LogP contribution in [-0.2, 0) is 0 Å². The molecule has 0 atom stereocenters. The first-order valence-corrected chi connectivity index (χ1v) is 5.09. The molecule has 0 aliphatic rings. The number of carbonyl (C=O) groups excluding carboxylic acids is 4. The van der Waals surface area contributed by atoms with Crippen LogP contribution in [0.2, 0.25) is 0 Å². The lowest BCUT2D eigenvalue weighted by Crippen LogP contribution is -2.53. The van der Waals surface area contributed by atoms with Crippen molar-refractivity contribution in [1.82, 2.24) is 21.9 Å². The summed E-state index contributed by atoms with van der Waals surface area (Å²) in [6.07, 6.45) is 0. The quantitative estimate of drug-likeness (QED) is 0.278. The molecule has 90 valence electrons. The van der Waals surface area contributed by atoms with E-state index in [2.05, 4.69) is 0 Å². The summed E-state index contributed by atoms with van der Waals surface area (Å²) in [6.45, 7) is 0. The lowest BCUT2D eigenvalue weighted by molar-refractivity contribution is 0.243. The second kappa shape index (κ2) is 7.75. The van der Waals surface area contributed by atoms with Crippen LogP contribution in [0.3, 0.4) is 0 Å². The number of hydrogen-bond acceptors (Lipinski definition) is 8. The summed E-state index contributed by atoms with van der Waals surface area (Å²) in [5.41, 5.74) is 17.3. The van der Waals surface area contributed by atoms with Crippen LogP contribution in [-0.4, -0.2) is 21.0 Å². The molecule has 8 N–H and O–H groups in total. The van der Waals surface area contributed by atoms with Crippen LogP contribution in [0.25, 0.3) is 0 Å². The Morgan fingerprint density at radius 3 is 1.31 bits per heavy atom. The molecule has 0 aliphatic carbocycles. The van der Waals surface area contributed by atoms with Gasteiger partial charge in [-0.3, -0.25) is 30.0 Å². The molecule has 0 aromatic heterocycles. The molecule has 16 heavy (non-hydrogen) atoms. The summed E-state index contributed by atoms with van der Waals surface area (Å²) >= 11 is 0.436. The number of rotatable bonds is 3. The number of nitrogens with two attached hydrogens (primary N) is 2. The third kappa shape index (κ3) is 9.07. The molecule has 0 spiro atoms. The number of carbonyl (C=O) groups is 4. The Balaban J connectivity index is 3.53. The molecule has 0 heterocycles. The van der Waals surface area contributed by atoms with Crippen LogP contribution in [0.4, 0.5) is 19.2 Å². The average molecular weight is 268 g/mol. The highest BCUT2D eigenvalue weighted by molar-refractivity contribution is 8.26. The maximum Gasteiger partial charge on any atom is 0.303 e. The van der Waals surface area contributed by atoms with Gasteiger partial charge in [-0.15, -0.1) is 0 Å². The van der Waals surface area contributed by atoms with Crippen LogP contribution in [0.15, 0.2) is 0 Å². The molecule has 0 unspecified atom stereocenters. The number of primary amides is 2. The molecule has 0 aromatic rings. The molecule has 4 amide bonds. The Morgan fingerprint density at radius 2 is 1.06 bits per heavy atom. The molecule has 0 fully saturated rings. The SMILES string of the molecule is NC(=O)SC(=O)NNNNC(=O)SC(N)=O. The van der Waals surface area contributed by atoms with Gasteiger partial charge in [-0.1, -0.05) is 0 Å². The van der Waals surface area contributed by atoms with Gasteiger partial charge in [0.25, 0.3) is 10.5 Å². The first-order chi connectivity index (χ1) is 7.41. The van der Waals surface area contributed by atoms with Crippen molar-refractivity contribution in [2.24, 2.45) is 11.5 Å². The average Bonchev–Trinajstić information content (AvgIpc) is 2.10. The normalized spacial score (nSPS) is 9.25. The summed E-state index contributed by atoms with van der Waals surface area (Å²) in [5, 5.41) is -3.33. The van der Waals surface area contributed by atoms with Crippen molar-refractivity contribution in [2.75, 3.05) is 0 Å². The number of hydrogen-bond donors (Lipinski definition) is 6. The van der Waals surface area contributed by atoms with E-state index in [9.17, 15) is 19.2 Å². The highest BCUT2D eigenvalue weighted by atomic mass is 32.2. The standard InChI is InChI=1S/C4H8N6O4S2/c5-1(11)15-3(13)7-9-10-8-4(14)16-2(6)12/h9-10H,(H2,5,11)(H2,6,12)(H,7,13)(H,8,14). The van der Waals surface area contributed by atoms with Gasteiger partial charge in [0.1, 0.15) is 0 Å². The summed E-state index contributed by atoms with van der Waals surface area (Å²) in [5.74, 6) is 0. The van der Waals surface area contributed by atoms with Crippen molar-refractivity contribution < 1.29 is 19.2 Å². The molecule has 0 saturated carbocycles. The molecule has 0 aliphatic heterocycles. The van der Waals surface area contributed by atoms with Gasteiger partial charge < -0.3 is 11.5 Å². The summed E-state index contributed by atoms with van der Waals surface area (Å²) in [7, 11) is 0. The molecule has 0 saturated heterocycles. The van der Waals surface area contributed by atoms with Gasteiger partial charge in [-0.05, 0) is 0 Å². The molecular weight excluding hydrogens is 260 g/mol. The van der Waals surface area contributed by atoms with E-state index in [1.165, 1.54) is 0 Å². The van der Waals surface area contributed by atoms with Gasteiger partial charge in [-0.25, -0.2) is 0 Å². The fraction of sp³-hybridized carbons (Fsp3) is 0. The van der Waals surface area contributed by atoms with Crippen LogP contribution in [0, 0.1) is 0 Å². The van der Waals surface area contributed by atoms with E-state index in [1.807, 2.05) is 21.9 Å². The van der Waals surface area contributed by atoms with Crippen molar-refractivity contribution in [2.45, 2.75) is 0 Å². The number of hydrazine groups is 3. The minimum atomic E-state index is -0.882. The predicted octanol–water partition coefficient (Wildman–Crippen LogP) is -1.05. The van der Waals surface area contributed by atoms with Crippen molar-refractivity contribution in [3.05, 3.63) is 0 Å². The Morgan fingerprint density at radius 1 is 0.750 bits per heavy atom. The zero-order valence-electron chi connectivity index (χ0n) is 7.60. The molecule has 0 bridgehead atoms. The van der Waals surface area contributed by atoms with Gasteiger partial charge in [0, 0.05) is 23.5 Å². The maximum atomic E-state index is 10.7. The number of thioether (sulfide) groups is 2. The smallest absolute Gasteiger partial charge is 0.303 e. The fourth-order valence-corrected chi connectivity index (χ4v) is 0.968. The third-order valence-electron chi connectivity index (χ3n) is 0.778. The van der Waals surface area contributed by atoms with E-state index < -0.39 is 21.0 Å². The second-order valence-electron chi connectivity index (χ2n) is 1.92. The maximum absolute atomic E-state index is 10.7. The Bertz CT molecular complexity index is 279. The van der Waals surface area contributed by atoms with Gasteiger partial charge in [0.2, 0.25) is 0 Å². The predicted molar refractivity (Wildman–Crippen MR) is 57.7 cm³/mol. The van der Waals surface area contributed by atoms with E-state index in [4.69, 9.17) is 11.5 Å². The lowest BCUT2D eigenvalue weighted by Gasteiger charge is -2.07. The summed E-state index contributed by atoms with van der Waals surface area (Å²) in [6, 6.07) is 0. The Kier molecular flexibility index (Phi) is 7.02. The molecule has 12 heteroatoms. The van der Waals surface area contributed by atoms with Crippen LogP contribution in [0.1, 0.15) is 0 Å². The van der Waals surface area contributed by atoms with Gasteiger partial charge >= 0.3 is 10.5 Å². The van der Waals surface area contributed by atoms with Crippen LogP contribution >= 0.6 is 23.5 Å². The van der Waals surface area contributed by atoms with Gasteiger partial charge in [0.05, 0.1) is 0 Å². The Labute approximate surface area is 97.5 Å². The molecular formula is C4H8N6O4S2. The number of nitrogens with one attached hydrogen (secondary N) is 4. The third-order valence-corrected chi connectivity index (χ3v) is 1.76. The van der Waals surface area contributed by atoms with E-state index >= 15 is 0 Å². The van der Waals surface area contributed by atoms with E-state index in [0.29, 0.717) is 0 Å². The molecule has 0 rings (SSSR count). The summed E-state index contributed by atoms with van der Waals surface area (Å²) < 4.78 is 0. The topological polar surface area (TPSA) is 168 Å². The van der Waals surface area contributed by atoms with Crippen molar-refractivity contribution in [3.63, 3.8) is 0 Å². The van der Waals surface area contributed by atoms with Crippen LogP contribution in [0.5, 0.6) is 0 Å². The first-order valence-electron chi connectivity index (χ1n) is 3.46. The minimum absolute atomic E-state index is 0.218. The van der Waals surface area contributed by atoms with E-state index in [-0.39, 0.29) is 23.5 Å². The Hall–Kier alpha value is -1.50. The first kappa shape index (κ1) is 14.5. The van der Waals surface area contributed by atoms with Gasteiger partial charge in [-0.2, -0.15) is 11.1 Å².